The zero-order chi connectivity index (χ0) is 18.6. The Kier molecular flexibility index (Phi) is 5.22. The summed E-state index contributed by atoms with van der Waals surface area (Å²) in [6.07, 6.45) is 2.14. The Labute approximate surface area is 157 Å². The number of aromatic nitrogens is 1. The van der Waals surface area contributed by atoms with Gasteiger partial charge in [-0.05, 0) is 36.2 Å². The molecule has 2 aliphatic rings. The number of carbonyl (C=O) groups is 1. The standard InChI is InChI=1S/C20H23N3O4/c24-17-12-23(11-15-3-1-2-7-21-15)8-6-16(17)22-20(25)10-14-4-5-18-19(9-14)27-13-26-18/h1-5,7,9,16-17,24H,6,8,10-13H2,(H,22,25)/t16-,17-/m1/s1. The van der Waals surface area contributed by atoms with E-state index in [0.717, 1.165) is 17.8 Å². The molecule has 0 bridgehead atoms. The predicted octanol–water partition coefficient (Wildman–Crippen LogP) is 1.10. The van der Waals surface area contributed by atoms with Crippen molar-refractivity contribution in [1.82, 2.24) is 15.2 Å². The summed E-state index contributed by atoms with van der Waals surface area (Å²) in [5.41, 5.74) is 1.84. The molecule has 142 valence electrons. The molecule has 2 N–H and O–H groups in total. The molecule has 1 aromatic heterocycles. The molecule has 7 nitrogen and oxygen atoms in total. The number of carbonyl (C=O) groups excluding carboxylic acids is 1. The Hall–Kier alpha value is -2.64. The van der Waals surface area contributed by atoms with Crippen LogP contribution in [-0.4, -0.2) is 52.9 Å². The van der Waals surface area contributed by atoms with Crippen molar-refractivity contribution in [3.63, 3.8) is 0 Å². The van der Waals surface area contributed by atoms with Crippen LogP contribution in [0.3, 0.4) is 0 Å². The van der Waals surface area contributed by atoms with Gasteiger partial charge in [-0.25, -0.2) is 0 Å². The minimum atomic E-state index is -0.594. The van der Waals surface area contributed by atoms with Gasteiger partial charge in [-0.2, -0.15) is 0 Å². The molecular weight excluding hydrogens is 346 g/mol. The van der Waals surface area contributed by atoms with Gasteiger partial charge in [-0.1, -0.05) is 12.1 Å². The van der Waals surface area contributed by atoms with Gasteiger partial charge in [0.25, 0.3) is 0 Å². The quantitative estimate of drug-likeness (QED) is 0.821. The molecule has 3 heterocycles. The largest absolute Gasteiger partial charge is 0.454 e. The highest BCUT2D eigenvalue weighted by atomic mass is 16.7. The molecule has 1 aromatic carbocycles. The van der Waals surface area contributed by atoms with E-state index in [0.29, 0.717) is 31.0 Å². The minimum Gasteiger partial charge on any atom is -0.454 e. The van der Waals surface area contributed by atoms with E-state index in [4.69, 9.17) is 9.47 Å². The molecule has 7 heteroatoms. The number of β-amino-alcohol motifs (C(OH)–C–C–N with tert-alkyl or cyclic N) is 1. The summed E-state index contributed by atoms with van der Waals surface area (Å²) in [5, 5.41) is 13.4. The fourth-order valence-corrected chi connectivity index (χ4v) is 3.52. The number of ether oxygens (including phenoxy) is 2. The van der Waals surface area contributed by atoms with Gasteiger partial charge < -0.3 is 19.9 Å². The Morgan fingerprint density at radius 3 is 2.96 bits per heavy atom. The zero-order valence-electron chi connectivity index (χ0n) is 15.0. The van der Waals surface area contributed by atoms with Gasteiger partial charge in [0.1, 0.15) is 0 Å². The van der Waals surface area contributed by atoms with Crippen LogP contribution >= 0.6 is 0 Å². The van der Waals surface area contributed by atoms with Gasteiger partial charge in [0.15, 0.2) is 11.5 Å². The molecule has 0 aliphatic carbocycles. The number of hydrogen-bond acceptors (Lipinski definition) is 6. The van der Waals surface area contributed by atoms with Crippen molar-refractivity contribution in [2.24, 2.45) is 0 Å². The van der Waals surface area contributed by atoms with Crippen molar-refractivity contribution in [2.75, 3.05) is 19.9 Å². The monoisotopic (exact) mass is 369 g/mol. The van der Waals surface area contributed by atoms with Gasteiger partial charge in [-0.3, -0.25) is 14.7 Å². The minimum absolute atomic E-state index is 0.101. The third-order valence-corrected chi connectivity index (χ3v) is 4.93. The van der Waals surface area contributed by atoms with E-state index in [9.17, 15) is 9.90 Å². The molecule has 1 amide bonds. The number of hydrogen-bond donors (Lipinski definition) is 2. The Morgan fingerprint density at radius 2 is 2.15 bits per heavy atom. The van der Waals surface area contributed by atoms with Crippen LogP contribution in [-0.2, 0) is 17.8 Å². The SMILES string of the molecule is O=C(Cc1ccc2c(c1)OCO2)N[C@@H]1CCN(Cc2ccccn2)C[C@H]1O. The van der Waals surface area contributed by atoms with Crippen LogP contribution in [0.4, 0.5) is 0 Å². The smallest absolute Gasteiger partial charge is 0.231 e. The number of pyridine rings is 1. The van der Waals surface area contributed by atoms with E-state index in [1.54, 1.807) is 6.20 Å². The maximum atomic E-state index is 12.4. The van der Waals surface area contributed by atoms with Gasteiger partial charge in [-0.15, -0.1) is 0 Å². The number of amides is 1. The van der Waals surface area contributed by atoms with E-state index >= 15 is 0 Å². The first-order valence-corrected chi connectivity index (χ1v) is 9.15. The number of benzene rings is 1. The molecule has 2 aliphatic heterocycles. The summed E-state index contributed by atoms with van der Waals surface area (Å²) in [6.45, 7) is 2.25. The van der Waals surface area contributed by atoms with Crippen LogP contribution in [0.1, 0.15) is 17.7 Å². The van der Waals surface area contributed by atoms with Crippen LogP contribution < -0.4 is 14.8 Å². The number of nitrogens with zero attached hydrogens (tertiary/aromatic N) is 2. The van der Waals surface area contributed by atoms with E-state index in [1.165, 1.54) is 0 Å². The van der Waals surface area contributed by atoms with Crippen molar-refractivity contribution in [2.45, 2.75) is 31.5 Å². The van der Waals surface area contributed by atoms with Crippen molar-refractivity contribution >= 4 is 5.91 Å². The second kappa shape index (κ2) is 7.94. The van der Waals surface area contributed by atoms with Gasteiger partial charge >= 0.3 is 0 Å². The fraction of sp³-hybridized carbons (Fsp3) is 0.400. The third-order valence-electron chi connectivity index (χ3n) is 4.93. The fourth-order valence-electron chi connectivity index (χ4n) is 3.52. The number of nitrogens with one attached hydrogen (secondary N) is 1. The molecule has 0 radical (unpaired) electrons. The van der Waals surface area contributed by atoms with Crippen molar-refractivity contribution < 1.29 is 19.4 Å². The maximum Gasteiger partial charge on any atom is 0.231 e. The lowest BCUT2D eigenvalue weighted by molar-refractivity contribution is -0.122. The van der Waals surface area contributed by atoms with Crippen LogP contribution in [0.15, 0.2) is 42.6 Å². The summed E-state index contributed by atoms with van der Waals surface area (Å²) < 4.78 is 10.6. The molecule has 1 fully saturated rings. The highest BCUT2D eigenvalue weighted by Crippen LogP contribution is 2.32. The van der Waals surface area contributed by atoms with E-state index in [-0.39, 0.29) is 25.2 Å². The van der Waals surface area contributed by atoms with Crippen LogP contribution in [0.2, 0.25) is 0 Å². The second-order valence-corrected chi connectivity index (χ2v) is 6.95. The summed E-state index contributed by atoms with van der Waals surface area (Å²) in [6, 6.07) is 11.1. The number of aliphatic hydroxyl groups excluding tert-OH is 1. The molecule has 27 heavy (non-hydrogen) atoms. The van der Waals surface area contributed by atoms with E-state index < -0.39 is 6.10 Å². The highest BCUT2D eigenvalue weighted by molar-refractivity contribution is 5.79. The number of likely N-dealkylation sites (tertiary alicyclic amines) is 1. The number of rotatable bonds is 5. The lowest BCUT2D eigenvalue weighted by Crippen LogP contribution is -2.54. The molecular formula is C20H23N3O4. The highest BCUT2D eigenvalue weighted by Gasteiger charge is 2.29. The van der Waals surface area contributed by atoms with Crippen molar-refractivity contribution in [3.8, 4) is 11.5 Å². The van der Waals surface area contributed by atoms with Gasteiger partial charge in [0.2, 0.25) is 12.7 Å². The zero-order valence-corrected chi connectivity index (χ0v) is 15.0. The summed E-state index contributed by atoms with van der Waals surface area (Å²) in [5.74, 6) is 1.27. The molecule has 2 atom stereocenters. The Bertz CT molecular complexity index is 799. The Morgan fingerprint density at radius 1 is 1.26 bits per heavy atom. The average Bonchev–Trinajstić information content (AvgIpc) is 3.13. The third kappa shape index (κ3) is 4.37. The molecule has 0 saturated carbocycles. The van der Waals surface area contributed by atoms with E-state index in [1.807, 2.05) is 36.4 Å². The summed E-state index contributed by atoms with van der Waals surface area (Å²) >= 11 is 0. The lowest BCUT2D eigenvalue weighted by atomic mass is 10.0. The topological polar surface area (TPSA) is 83.9 Å². The summed E-state index contributed by atoms with van der Waals surface area (Å²) in [4.78, 5) is 18.9. The van der Waals surface area contributed by atoms with Crippen molar-refractivity contribution in [1.29, 1.82) is 0 Å². The lowest BCUT2D eigenvalue weighted by Gasteiger charge is -2.36. The summed E-state index contributed by atoms with van der Waals surface area (Å²) in [7, 11) is 0. The first-order valence-electron chi connectivity index (χ1n) is 9.15. The molecule has 4 rings (SSSR count). The number of fused-ring (bicyclic) bond motifs is 1. The first kappa shape index (κ1) is 17.8. The van der Waals surface area contributed by atoms with E-state index in [2.05, 4.69) is 15.2 Å². The number of aliphatic hydroxyl groups is 1. The normalized spacial score (nSPS) is 21.8. The molecule has 1 saturated heterocycles. The number of piperidine rings is 1. The van der Waals surface area contributed by atoms with Gasteiger partial charge in [0.05, 0.1) is 24.3 Å². The first-order chi connectivity index (χ1) is 13.2. The van der Waals surface area contributed by atoms with Crippen LogP contribution in [0, 0.1) is 0 Å². The molecule has 0 unspecified atom stereocenters. The Balaban J connectivity index is 1.28. The predicted molar refractivity (Wildman–Crippen MR) is 98.3 cm³/mol. The molecule has 0 spiro atoms. The maximum absolute atomic E-state index is 12.4. The average molecular weight is 369 g/mol. The van der Waals surface area contributed by atoms with Crippen LogP contribution in [0.5, 0.6) is 11.5 Å². The second-order valence-electron chi connectivity index (χ2n) is 6.95. The molecule has 2 aromatic rings. The van der Waals surface area contributed by atoms with Crippen LogP contribution in [0.25, 0.3) is 0 Å². The van der Waals surface area contributed by atoms with Gasteiger partial charge in [0, 0.05) is 25.8 Å². The van der Waals surface area contributed by atoms with Crippen molar-refractivity contribution in [3.05, 3.63) is 53.9 Å².